The molecule has 0 saturated heterocycles. The first-order valence-electron chi connectivity index (χ1n) is 16.7. The number of fused-ring (bicyclic) bond motifs is 8. The molecule has 0 saturated carbocycles. The lowest BCUT2D eigenvalue weighted by Gasteiger charge is -2.24. The van der Waals surface area contributed by atoms with E-state index >= 15 is 0 Å². The first-order chi connectivity index (χ1) is 23.1. The van der Waals surface area contributed by atoms with Gasteiger partial charge in [-0.15, -0.1) is 0 Å². The average Bonchev–Trinajstić information content (AvgIpc) is 3.72. The van der Waals surface area contributed by atoms with E-state index < -0.39 is 47.9 Å². The van der Waals surface area contributed by atoms with Crippen LogP contribution in [0.2, 0.25) is 0 Å². The van der Waals surface area contributed by atoms with Crippen LogP contribution in [0.25, 0.3) is 22.2 Å². The molecule has 4 aliphatic rings. The fourth-order valence-electron chi connectivity index (χ4n) is 7.20. The third-order valence-electron chi connectivity index (χ3n) is 9.69. The lowest BCUT2D eigenvalue weighted by molar-refractivity contribution is -0.139. The van der Waals surface area contributed by atoms with E-state index in [0.717, 1.165) is 17.0 Å². The molecule has 0 atom stereocenters. The third-order valence-corrected chi connectivity index (χ3v) is 9.69. The molecule has 0 fully saturated rings. The van der Waals surface area contributed by atoms with Crippen LogP contribution in [0.4, 0.5) is 0 Å². The number of amides is 3. The van der Waals surface area contributed by atoms with Crippen LogP contribution in [0.5, 0.6) is 0 Å². The molecule has 0 aliphatic carbocycles. The van der Waals surface area contributed by atoms with Crippen LogP contribution >= 0.6 is 0 Å². The van der Waals surface area contributed by atoms with Crippen molar-refractivity contribution in [3.8, 4) is 0 Å². The lowest BCUT2D eigenvalue weighted by Crippen LogP contribution is -2.45. The van der Waals surface area contributed by atoms with Gasteiger partial charge in [-0.25, -0.2) is 14.7 Å². The number of rotatable bonds is 7. The Morgan fingerprint density at radius 3 is 2.24 bits per heavy atom. The number of carbonyl (C=O) groups excluding carboxylic acids is 4. The lowest BCUT2D eigenvalue weighted by atomic mass is 9.85. The zero-order valence-electron chi connectivity index (χ0n) is 28.9. The Bertz CT molecular complexity index is 2080. The predicted molar refractivity (Wildman–Crippen MR) is 181 cm³/mol. The molecule has 0 spiro atoms. The minimum absolute atomic E-state index is 0.0968. The Kier molecular flexibility index (Phi) is 8.32. The highest BCUT2D eigenvalue weighted by atomic mass is 16.5. The summed E-state index contributed by atoms with van der Waals surface area (Å²) in [5, 5.41) is 9.24. The number of H-pyrrole nitrogens is 2. The minimum Gasteiger partial charge on any atom is -0.481 e. The van der Waals surface area contributed by atoms with Crippen molar-refractivity contribution < 1.29 is 33.8 Å². The van der Waals surface area contributed by atoms with Gasteiger partial charge in [-0.2, -0.15) is 0 Å². The highest BCUT2D eigenvalue weighted by Crippen LogP contribution is 2.41. The quantitative estimate of drug-likeness (QED) is 0.254. The number of aromatic nitrogens is 4. The number of aromatic amines is 2. The largest absolute Gasteiger partial charge is 0.481 e. The molecule has 256 valence electrons. The molecule has 2 aromatic heterocycles. The molecule has 12 heteroatoms. The van der Waals surface area contributed by atoms with Gasteiger partial charge in [0.05, 0.1) is 52.3 Å². The van der Waals surface area contributed by atoms with Gasteiger partial charge in [0, 0.05) is 46.3 Å². The fraction of sp³-hybridized carbons (Fsp3) is 0.432. The number of aliphatic carboxylic acids is 1. The highest BCUT2D eigenvalue weighted by Gasteiger charge is 2.43. The van der Waals surface area contributed by atoms with E-state index in [2.05, 4.69) is 23.8 Å². The Balaban J connectivity index is 1.76. The Hall–Kier alpha value is -5.13. The van der Waals surface area contributed by atoms with Crippen LogP contribution in [-0.4, -0.2) is 66.2 Å². The zero-order chi connectivity index (χ0) is 35.6. The standard InChI is InChI=1S/C37H41N5O7/c1-8-19-21-14-26-37(6,7)17-24(40-26)31-32-30(33(46)42(34(31)47)27(43)11-12-28(44)45)20(9-2)22(41-32)15-25-36(4,5)16-18(38-25)13-23(39-21)29(19)35(48)49-10-3/h13-15,38,41H,8-12,16-17H2,1-7H3,(H,44,45). The van der Waals surface area contributed by atoms with Gasteiger partial charge in [0.25, 0.3) is 11.8 Å². The molecule has 49 heavy (non-hydrogen) atoms. The normalized spacial score (nSPS) is 16.9. The number of allylic oxidation sites excluding steroid dienone is 1. The number of hydrogen-bond donors (Lipinski definition) is 3. The molecule has 0 radical (unpaired) electrons. The maximum absolute atomic E-state index is 14.3. The number of imide groups is 3. The summed E-state index contributed by atoms with van der Waals surface area (Å²) in [4.78, 5) is 83.8. The van der Waals surface area contributed by atoms with Crippen molar-refractivity contribution in [2.45, 2.75) is 97.8 Å². The van der Waals surface area contributed by atoms with Gasteiger partial charge in [0.2, 0.25) is 5.91 Å². The summed E-state index contributed by atoms with van der Waals surface area (Å²) in [5.41, 5.74) is 5.73. The predicted octanol–water partition coefficient (Wildman–Crippen LogP) is 5.51. The third kappa shape index (κ3) is 5.62. The second-order valence-corrected chi connectivity index (χ2v) is 14.1. The van der Waals surface area contributed by atoms with E-state index in [0.29, 0.717) is 75.5 Å². The Morgan fingerprint density at radius 1 is 0.878 bits per heavy atom. The highest BCUT2D eigenvalue weighted by molar-refractivity contribution is 6.30. The van der Waals surface area contributed by atoms with Crippen LogP contribution in [0.1, 0.15) is 128 Å². The zero-order valence-corrected chi connectivity index (χ0v) is 28.9. The number of nitrogens with zero attached hydrogens (tertiary/aromatic N) is 3. The molecule has 3 N–H and O–H groups in total. The fourth-order valence-corrected chi connectivity index (χ4v) is 7.20. The van der Waals surface area contributed by atoms with Gasteiger partial charge in [0.15, 0.2) is 0 Å². The summed E-state index contributed by atoms with van der Waals surface area (Å²) in [7, 11) is 0. The summed E-state index contributed by atoms with van der Waals surface area (Å²) in [6, 6.07) is 5.66. The monoisotopic (exact) mass is 667 g/mol. The average molecular weight is 668 g/mol. The second kappa shape index (κ2) is 12.1. The van der Waals surface area contributed by atoms with Crippen LogP contribution in [0.3, 0.4) is 0 Å². The maximum Gasteiger partial charge on any atom is 0.340 e. The number of carboxylic acids is 1. The van der Waals surface area contributed by atoms with Crippen molar-refractivity contribution >= 4 is 51.8 Å². The van der Waals surface area contributed by atoms with Gasteiger partial charge in [0.1, 0.15) is 0 Å². The number of ether oxygens (including phenoxy) is 1. The van der Waals surface area contributed by atoms with Crippen molar-refractivity contribution in [2.75, 3.05) is 6.61 Å². The van der Waals surface area contributed by atoms with Crippen molar-refractivity contribution in [3.63, 3.8) is 0 Å². The molecule has 12 nitrogen and oxygen atoms in total. The number of hydrogen-bond acceptors (Lipinski definition) is 8. The first kappa shape index (κ1) is 33.8. The first-order valence-corrected chi connectivity index (χ1v) is 16.7. The van der Waals surface area contributed by atoms with Gasteiger partial charge < -0.3 is 19.8 Å². The van der Waals surface area contributed by atoms with Gasteiger partial charge in [-0.1, -0.05) is 41.5 Å². The van der Waals surface area contributed by atoms with E-state index in [1.54, 1.807) is 6.92 Å². The van der Waals surface area contributed by atoms with Crippen LogP contribution < -0.4 is 0 Å². The Labute approximate surface area is 283 Å². The molecule has 2 aromatic rings. The van der Waals surface area contributed by atoms with E-state index in [1.165, 1.54) is 0 Å². The molecule has 8 bridgehead atoms. The van der Waals surface area contributed by atoms with Crippen LogP contribution in [0.15, 0.2) is 18.2 Å². The van der Waals surface area contributed by atoms with E-state index in [4.69, 9.17) is 14.7 Å². The summed E-state index contributed by atoms with van der Waals surface area (Å²) in [6.07, 6.45) is 0.786. The minimum atomic E-state index is -1.21. The second-order valence-electron chi connectivity index (χ2n) is 14.1. The Morgan fingerprint density at radius 2 is 1.59 bits per heavy atom. The summed E-state index contributed by atoms with van der Waals surface area (Å²) in [6.45, 7) is 13.9. The maximum atomic E-state index is 14.3. The molecule has 0 unspecified atom stereocenters. The van der Waals surface area contributed by atoms with E-state index in [-0.39, 0.29) is 23.1 Å². The van der Waals surface area contributed by atoms with Crippen molar-refractivity contribution in [1.29, 1.82) is 0 Å². The molecular formula is C37H41N5O7. The van der Waals surface area contributed by atoms with Crippen molar-refractivity contribution in [3.05, 3.63) is 69.1 Å². The number of esters is 1. The van der Waals surface area contributed by atoms with E-state index in [9.17, 15) is 29.1 Å². The summed E-state index contributed by atoms with van der Waals surface area (Å²) >= 11 is 0. The van der Waals surface area contributed by atoms with Gasteiger partial charge in [-0.3, -0.25) is 24.2 Å². The molecule has 4 aliphatic heterocycles. The summed E-state index contributed by atoms with van der Waals surface area (Å²) < 4.78 is 5.49. The van der Waals surface area contributed by atoms with Crippen molar-refractivity contribution in [2.24, 2.45) is 0 Å². The van der Waals surface area contributed by atoms with Crippen molar-refractivity contribution in [1.82, 2.24) is 24.8 Å². The molecule has 6 rings (SSSR count). The van der Waals surface area contributed by atoms with Crippen LogP contribution in [-0.2, 0) is 49.2 Å². The van der Waals surface area contributed by atoms with Crippen LogP contribution in [0, 0.1) is 0 Å². The number of carbonyl (C=O) groups is 5. The topological polar surface area (TPSA) is 175 Å². The van der Waals surface area contributed by atoms with E-state index in [1.807, 2.05) is 45.9 Å². The molecule has 6 heterocycles. The SMILES string of the molecule is CCOC(=O)C1=C(CC)c2cc3nc(c4c5[nH]c(cc6[nH]c(cc1n2)CC6(C)C)c(CC)c5C(=O)N(C(=O)CCC(=O)O)C4=O)CC3(C)C. The molecule has 0 aromatic carbocycles. The summed E-state index contributed by atoms with van der Waals surface area (Å²) in [5.74, 6) is -4.18. The number of aryl methyl sites for hydroxylation is 1. The van der Waals surface area contributed by atoms with Gasteiger partial charge >= 0.3 is 11.9 Å². The molecular weight excluding hydrogens is 626 g/mol. The number of carboxylic acid groups (broad SMARTS) is 1. The smallest absolute Gasteiger partial charge is 0.340 e. The number of nitrogens with one attached hydrogen (secondary N) is 2. The molecule has 3 amide bonds. The van der Waals surface area contributed by atoms with Gasteiger partial charge in [-0.05, 0) is 55.5 Å².